The van der Waals surface area contributed by atoms with E-state index in [1.54, 1.807) is 36.4 Å². The summed E-state index contributed by atoms with van der Waals surface area (Å²) in [6.07, 6.45) is -1.22. The number of carbonyl (C=O) groups excluding carboxylic acids is 1. The van der Waals surface area contributed by atoms with Crippen LogP contribution in [0.5, 0.6) is 17.2 Å². The number of benzene rings is 2. The van der Waals surface area contributed by atoms with Gasteiger partial charge in [0.05, 0.1) is 39.4 Å². The quantitative estimate of drug-likeness (QED) is 0.832. The van der Waals surface area contributed by atoms with Gasteiger partial charge in [0.25, 0.3) is 0 Å². The van der Waals surface area contributed by atoms with Crippen molar-refractivity contribution in [3.8, 4) is 23.3 Å². The van der Waals surface area contributed by atoms with E-state index in [4.69, 9.17) is 14.2 Å². The molecule has 0 aliphatic heterocycles. The predicted molar refractivity (Wildman–Crippen MR) is 96.9 cm³/mol. The monoisotopic (exact) mass is 382 g/mol. The smallest absolute Gasteiger partial charge is 0.203 e. The van der Waals surface area contributed by atoms with Crippen LogP contribution in [-0.2, 0) is 4.79 Å². The highest BCUT2D eigenvalue weighted by molar-refractivity contribution is 5.73. The number of aliphatic hydroxyl groups is 1. The lowest BCUT2D eigenvalue weighted by molar-refractivity contribution is -0.314. The lowest BCUT2D eigenvalue weighted by Gasteiger charge is -2.40. The largest absolute Gasteiger partial charge is 0.550 e. The highest BCUT2D eigenvalue weighted by atomic mass is 16.5. The molecule has 2 aromatic carbocycles. The zero-order valence-electron chi connectivity index (χ0n) is 15.7. The average molecular weight is 382 g/mol. The molecule has 146 valence electrons. The van der Waals surface area contributed by atoms with Gasteiger partial charge in [-0.15, -0.1) is 0 Å². The number of fused-ring (bicyclic) bond motifs is 1. The highest BCUT2D eigenvalue weighted by Crippen LogP contribution is 2.50. The van der Waals surface area contributed by atoms with Crippen molar-refractivity contribution < 1.29 is 29.2 Å². The Morgan fingerprint density at radius 3 is 2.11 bits per heavy atom. The zero-order chi connectivity index (χ0) is 20.4. The maximum Gasteiger partial charge on any atom is 0.203 e. The molecule has 2 aromatic rings. The lowest BCUT2D eigenvalue weighted by atomic mass is 9.65. The number of hydrogen-bond acceptors (Lipinski definition) is 7. The first-order chi connectivity index (χ1) is 13.5. The van der Waals surface area contributed by atoms with Gasteiger partial charge in [-0.2, -0.15) is 5.26 Å². The summed E-state index contributed by atoms with van der Waals surface area (Å²) >= 11 is 0. The first-order valence-electron chi connectivity index (χ1n) is 8.65. The van der Waals surface area contributed by atoms with E-state index in [9.17, 15) is 20.3 Å². The second-order valence-corrected chi connectivity index (χ2v) is 6.51. The number of aliphatic hydroxyl groups excluding tert-OH is 1. The molecule has 0 fully saturated rings. The number of hydrogen-bond donors (Lipinski definition) is 1. The first-order valence-corrected chi connectivity index (χ1v) is 8.65. The molecular weight excluding hydrogens is 362 g/mol. The molecule has 0 saturated heterocycles. The maximum absolute atomic E-state index is 12.0. The van der Waals surface area contributed by atoms with Gasteiger partial charge in [-0.25, -0.2) is 0 Å². The van der Waals surface area contributed by atoms with Crippen molar-refractivity contribution in [1.82, 2.24) is 0 Å². The molecule has 4 atom stereocenters. The van der Waals surface area contributed by atoms with Crippen LogP contribution in [-0.4, -0.2) is 32.4 Å². The van der Waals surface area contributed by atoms with Gasteiger partial charge in [-0.3, -0.25) is 0 Å². The van der Waals surface area contributed by atoms with Crippen molar-refractivity contribution in [2.45, 2.75) is 12.0 Å². The highest BCUT2D eigenvalue weighted by Gasteiger charge is 2.44. The Kier molecular flexibility index (Phi) is 5.43. The molecule has 1 aliphatic carbocycles. The molecule has 0 radical (unpaired) electrons. The summed E-state index contributed by atoms with van der Waals surface area (Å²) < 4.78 is 16.1. The molecule has 0 bridgehead atoms. The van der Waals surface area contributed by atoms with Crippen LogP contribution in [0.3, 0.4) is 0 Å². The fraction of sp³-hybridized carbons (Fsp3) is 0.333. The van der Waals surface area contributed by atoms with Gasteiger partial charge < -0.3 is 29.2 Å². The Balaban J connectivity index is 2.30. The van der Waals surface area contributed by atoms with Gasteiger partial charge in [-0.1, -0.05) is 24.3 Å². The fourth-order valence-electron chi connectivity index (χ4n) is 3.96. The number of ether oxygens (including phenoxy) is 3. The van der Waals surface area contributed by atoms with Crippen LogP contribution >= 0.6 is 0 Å². The van der Waals surface area contributed by atoms with Crippen molar-refractivity contribution >= 4 is 5.97 Å². The van der Waals surface area contributed by atoms with Crippen molar-refractivity contribution in [3.05, 3.63) is 53.1 Å². The van der Waals surface area contributed by atoms with E-state index in [1.807, 2.05) is 6.07 Å². The number of aliphatic carboxylic acids is 1. The van der Waals surface area contributed by atoms with E-state index in [-0.39, 0.29) is 0 Å². The molecule has 1 N–H and O–H groups in total. The van der Waals surface area contributed by atoms with Crippen LogP contribution in [0.1, 0.15) is 28.7 Å². The summed E-state index contributed by atoms with van der Waals surface area (Å²) in [6, 6.07) is 12.2. The number of carbonyl (C=O) groups is 1. The van der Waals surface area contributed by atoms with E-state index in [1.165, 1.54) is 21.3 Å². The minimum Gasteiger partial charge on any atom is -0.550 e. The van der Waals surface area contributed by atoms with Crippen LogP contribution in [0, 0.1) is 23.2 Å². The molecule has 28 heavy (non-hydrogen) atoms. The topological polar surface area (TPSA) is 112 Å². The van der Waals surface area contributed by atoms with E-state index in [0.29, 0.717) is 33.9 Å². The molecule has 7 heteroatoms. The van der Waals surface area contributed by atoms with E-state index >= 15 is 0 Å². The van der Waals surface area contributed by atoms with Gasteiger partial charge in [0, 0.05) is 17.8 Å². The van der Waals surface area contributed by atoms with Gasteiger partial charge in [-0.05, 0) is 28.8 Å². The maximum atomic E-state index is 12.0. The van der Waals surface area contributed by atoms with Crippen LogP contribution in [0.25, 0.3) is 0 Å². The van der Waals surface area contributed by atoms with Gasteiger partial charge >= 0.3 is 0 Å². The Bertz CT molecular complexity index is 910. The van der Waals surface area contributed by atoms with Crippen molar-refractivity contribution in [3.63, 3.8) is 0 Å². The molecule has 0 saturated carbocycles. The van der Waals surface area contributed by atoms with Gasteiger partial charge in [0.1, 0.15) is 0 Å². The fourth-order valence-corrected chi connectivity index (χ4v) is 3.96. The van der Waals surface area contributed by atoms with Crippen molar-refractivity contribution in [1.29, 1.82) is 5.26 Å². The molecular formula is C21H20NO6-. The number of methoxy groups -OCH3 is 3. The molecule has 3 rings (SSSR count). The third-order valence-corrected chi connectivity index (χ3v) is 5.20. The molecule has 0 heterocycles. The molecule has 0 spiro atoms. The lowest BCUT2D eigenvalue weighted by Crippen LogP contribution is -2.44. The Labute approximate surface area is 162 Å². The number of carboxylic acids is 1. The Morgan fingerprint density at radius 1 is 1.07 bits per heavy atom. The number of nitrogens with zero attached hydrogens (tertiary/aromatic N) is 1. The Hall–Kier alpha value is -3.24. The number of carboxylic acid groups (broad SMARTS) is 1. The van der Waals surface area contributed by atoms with Crippen LogP contribution in [0.15, 0.2) is 36.4 Å². The van der Waals surface area contributed by atoms with E-state index in [2.05, 4.69) is 0 Å². The summed E-state index contributed by atoms with van der Waals surface area (Å²) in [5.41, 5.74) is 1.69. The van der Waals surface area contributed by atoms with Gasteiger partial charge in [0.2, 0.25) is 5.75 Å². The van der Waals surface area contributed by atoms with Crippen molar-refractivity contribution in [2.24, 2.45) is 11.8 Å². The van der Waals surface area contributed by atoms with Gasteiger partial charge in [0.15, 0.2) is 11.5 Å². The summed E-state index contributed by atoms with van der Waals surface area (Å²) in [6.45, 7) is 0. The van der Waals surface area contributed by atoms with E-state index < -0.39 is 29.8 Å². The Morgan fingerprint density at radius 2 is 1.64 bits per heavy atom. The first kappa shape index (κ1) is 19.5. The third kappa shape index (κ3) is 3.02. The summed E-state index contributed by atoms with van der Waals surface area (Å²) in [4.78, 5) is 12.0. The molecule has 7 nitrogen and oxygen atoms in total. The molecule has 0 aromatic heterocycles. The zero-order valence-corrected chi connectivity index (χ0v) is 15.7. The summed E-state index contributed by atoms with van der Waals surface area (Å²) in [5, 5.41) is 32.2. The SMILES string of the molecule is COc1cc(C2c3ccccc3C(O)C(C#N)C2C(=O)[O-])cc(OC)c1OC. The molecule has 1 aliphatic rings. The minimum absolute atomic E-state index is 0.367. The average Bonchev–Trinajstić information content (AvgIpc) is 2.72. The predicted octanol–water partition coefficient (Wildman–Crippen LogP) is 1.40. The molecule has 0 amide bonds. The second kappa shape index (κ2) is 7.79. The van der Waals surface area contributed by atoms with Crippen LogP contribution < -0.4 is 19.3 Å². The molecule has 4 unspecified atom stereocenters. The number of nitriles is 1. The van der Waals surface area contributed by atoms with Crippen molar-refractivity contribution in [2.75, 3.05) is 21.3 Å². The number of rotatable bonds is 5. The normalized spacial score (nSPS) is 23.2. The second-order valence-electron chi connectivity index (χ2n) is 6.51. The minimum atomic E-state index is -1.40. The summed E-state index contributed by atoms with van der Waals surface area (Å²) in [7, 11) is 4.41. The summed E-state index contributed by atoms with van der Waals surface area (Å²) in [5.74, 6) is -3.44. The standard InChI is InChI=1S/C21H21NO6/c1-26-15-8-11(9-16(27-2)20(15)28-3)17-12-6-4-5-7-13(12)19(23)14(10-22)18(17)21(24)25/h4-9,14,17-19,23H,1-3H3,(H,24,25)/p-1. The third-order valence-electron chi connectivity index (χ3n) is 5.20. The van der Waals surface area contributed by atoms with Crippen LogP contribution in [0.4, 0.5) is 0 Å². The van der Waals surface area contributed by atoms with Crippen LogP contribution in [0.2, 0.25) is 0 Å². The van der Waals surface area contributed by atoms with E-state index in [0.717, 1.165) is 0 Å².